The monoisotopic (exact) mass is 275 g/mol. The third kappa shape index (κ3) is 5.34. The molecule has 1 aliphatic heterocycles. The molecule has 2 atom stereocenters. The molecule has 1 heterocycles. The maximum Gasteiger partial charge on any atom is 0.410 e. The van der Waals surface area contributed by atoms with E-state index in [-0.39, 0.29) is 31.5 Å². The highest BCUT2D eigenvalue weighted by Crippen LogP contribution is 2.22. The highest BCUT2D eigenvalue weighted by atomic mass is 16.7. The van der Waals surface area contributed by atoms with Gasteiger partial charge in [0.25, 0.3) is 0 Å². The summed E-state index contributed by atoms with van der Waals surface area (Å²) in [7, 11) is 1.54. The van der Waals surface area contributed by atoms with Crippen LogP contribution in [0.3, 0.4) is 0 Å². The van der Waals surface area contributed by atoms with E-state index in [1.54, 1.807) is 12.0 Å². The number of carbonyl (C=O) groups is 1. The molecule has 6 nitrogen and oxygen atoms in total. The van der Waals surface area contributed by atoms with Crippen LogP contribution in [0, 0.1) is 5.92 Å². The third-order valence-corrected chi connectivity index (χ3v) is 2.98. The molecular formula is C13H25NO5. The molecule has 112 valence electrons. The summed E-state index contributed by atoms with van der Waals surface area (Å²) in [6.07, 6.45) is 0.144. The SMILES string of the molecule is COCO[C@@H]1CN(C(=O)OC(C)(C)C)CC[C@H]1CO. The van der Waals surface area contributed by atoms with Gasteiger partial charge in [-0.25, -0.2) is 4.79 Å². The van der Waals surface area contributed by atoms with Crippen molar-refractivity contribution >= 4 is 6.09 Å². The quantitative estimate of drug-likeness (QED) is 0.781. The van der Waals surface area contributed by atoms with E-state index in [4.69, 9.17) is 14.2 Å². The maximum atomic E-state index is 12.0. The summed E-state index contributed by atoms with van der Waals surface area (Å²) in [6, 6.07) is 0. The van der Waals surface area contributed by atoms with Crippen molar-refractivity contribution in [1.29, 1.82) is 0 Å². The summed E-state index contributed by atoms with van der Waals surface area (Å²) < 4.78 is 15.7. The molecule has 0 saturated carbocycles. The van der Waals surface area contributed by atoms with E-state index in [9.17, 15) is 9.90 Å². The number of piperidine rings is 1. The molecule has 0 aromatic carbocycles. The van der Waals surface area contributed by atoms with Gasteiger partial charge in [-0.3, -0.25) is 0 Å². The topological polar surface area (TPSA) is 68.2 Å². The van der Waals surface area contributed by atoms with Crippen molar-refractivity contribution in [3.63, 3.8) is 0 Å². The van der Waals surface area contributed by atoms with E-state index < -0.39 is 5.60 Å². The van der Waals surface area contributed by atoms with Crippen molar-refractivity contribution in [3.8, 4) is 0 Å². The number of aliphatic hydroxyl groups is 1. The van der Waals surface area contributed by atoms with Gasteiger partial charge in [0, 0.05) is 26.2 Å². The van der Waals surface area contributed by atoms with Gasteiger partial charge in [0.1, 0.15) is 12.4 Å². The van der Waals surface area contributed by atoms with Gasteiger partial charge in [-0.2, -0.15) is 0 Å². The molecule has 1 N–H and O–H groups in total. The molecular weight excluding hydrogens is 250 g/mol. The number of rotatable bonds is 4. The molecule has 0 aromatic heterocycles. The lowest BCUT2D eigenvalue weighted by Crippen LogP contribution is -2.50. The van der Waals surface area contributed by atoms with Crippen molar-refractivity contribution in [2.75, 3.05) is 33.6 Å². The van der Waals surface area contributed by atoms with E-state index in [1.165, 1.54) is 0 Å². The smallest absolute Gasteiger partial charge is 0.410 e. The predicted octanol–water partition coefficient (Wildman–Crippen LogP) is 1.22. The number of methoxy groups -OCH3 is 1. The molecule has 0 aliphatic carbocycles. The average Bonchev–Trinajstić information content (AvgIpc) is 2.33. The Kier molecular flexibility index (Phi) is 6.03. The first-order valence-electron chi connectivity index (χ1n) is 6.56. The van der Waals surface area contributed by atoms with Crippen molar-refractivity contribution < 1.29 is 24.1 Å². The number of ether oxygens (including phenoxy) is 3. The molecule has 0 unspecified atom stereocenters. The molecule has 0 bridgehead atoms. The van der Waals surface area contributed by atoms with Crippen LogP contribution in [0.5, 0.6) is 0 Å². The number of aliphatic hydroxyl groups excluding tert-OH is 1. The van der Waals surface area contributed by atoms with Crippen LogP contribution in [0.1, 0.15) is 27.2 Å². The minimum absolute atomic E-state index is 0.0360. The zero-order chi connectivity index (χ0) is 14.5. The zero-order valence-corrected chi connectivity index (χ0v) is 12.2. The second-order valence-corrected chi connectivity index (χ2v) is 5.77. The minimum atomic E-state index is -0.506. The van der Waals surface area contributed by atoms with Gasteiger partial charge in [-0.1, -0.05) is 0 Å². The number of carbonyl (C=O) groups excluding carboxylic acids is 1. The fourth-order valence-corrected chi connectivity index (χ4v) is 2.01. The standard InChI is InChI=1S/C13H25NO5/c1-13(2,3)19-12(16)14-6-5-10(8-15)11(7-14)18-9-17-4/h10-11,15H,5-9H2,1-4H3/t10-,11+/m0/s1. The second kappa shape index (κ2) is 7.07. The number of hydrogen-bond acceptors (Lipinski definition) is 5. The molecule has 1 saturated heterocycles. The van der Waals surface area contributed by atoms with Crippen LogP contribution < -0.4 is 0 Å². The Morgan fingerprint density at radius 2 is 2.11 bits per heavy atom. The summed E-state index contributed by atoms with van der Waals surface area (Å²) in [4.78, 5) is 13.6. The predicted molar refractivity (Wildman–Crippen MR) is 69.7 cm³/mol. The first-order chi connectivity index (χ1) is 8.87. The van der Waals surface area contributed by atoms with Gasteiger partial charge in [0.05, 0.1) is 12.6 Å². The lowest BCUT2D eigenvalue weighted by molar-refractivity contribution is -0.119. The molecule has 0 aromatic rings. The van der Waals surface area contributed by atoms with Crippen molar-refractivity contribution in [2.45, 2.75) is 38.9 Å². The van der Waals surface area contributed by atoms with Crippen molar-refractivity contribution in [3.05, 3.63) is 0 Å². The van der Waals surface area contributed by atoms with Gasteiger partial charge in [0.2, 0.25) is 0 Å². The van der Waals surface area contributed by atoms with Crippen LogP contribution in [0.15, 0.2) is 0 Å². The summed E-state index contributed by atoms with van der Waals surface area (Å²) in [5.74, 6) is 0.0360. The van der Waals surface area contributed by atoms with Gasteiger partial charge < -0.3 is 24.2 Å². The summed E-state index contributed by atoms with van der Waals surface area (Å²) in [5.41, 5.74) is -0.506. The molecule has 1 rings (SSSR count). The van der Waals surface area contributed by atoms with Crippen LogP contribution in [0.25, 0.3) is 0 Å². The Labute approximate surface area is 114 Å². The molecule has 1 fully saturated rings. The number of amides is 1. The van der Waals surface area contributed by atoms with Crippen molar-refractivity contribution in [2.24, 2.45) is 5.92 Å². The van der Waals surface area contributed by atoms with Crippen LogP contribution in [0.2, 0.25) is 0 Å². The van der Waals surface area contributed by atoms with E-state index >= 15 is 0 Å². The van der Waals surface area contributed by atoms with E-state index in [0.29, 0.717) is 19.5 Å². The molecule has 6 heteroatoms. The lowest BCUT2D eigenvalue weighted by Gasteiger charge is -2.37. The van der Waals surface area contributed by atoms with Crippen LogP contribution in [-0.2, 0) is 14.2 Å². The summed E-state index contributed by atoms with van der Waals surface area (Å²) in [5, 5.41) is 9.32. The summed E-state index contributed by atoms with van der Waals surface area (Å²) >= 11 is 0. The maximum absolute atomic E-state index is 12.0. The fourth-order valence-electron chi connectivity index (χ4n) is 2.01. The highest BCUT2D eigenvalue weighted by Gasteiger charge is 2.33. The Morgan fingerprint density at radius 3 is 2.63 bits per heavy atom. The first-order valence-corrected chi connectivity index (χ1v) is 6.56. The zero-order valence-electron chi connectivity index (χ0n) is 12.2. The first kappa shape index (κ1) is 16.2. The van der Waals surface area contributed by atoms with Gasteiger partial charge in [-0.15, -0.1) is 0 Å². The second-order valence-electron chi connectivity index (χ2n) is 5.77. The molecule has 1 aliphatic rings. The van der Waals surface area contributed by atoms with E-state index in [1.807, 2.05) is 20.8 Å². The van der Waals surface area contributed by atoms with E-state index in [0.717, 1.165) is 0 Å². The molecule has 1 amide bonds. The Hall–Kier alpha value is -0.850. The van der Waals surface area contributed by atoms with Gasteiger partial charge in [0.15, 0.2) is 0 Å². The normalized spacial score (nSPS) is 24.4. The van der Waals surface area contributed by atoms with E-state index in [2.05, 4.69) is 0 Å². The van der Waals surface area contributed by atoms with Gasteiger partial charge in [-0.05, 0) is 27.2 Å². The van der Waals surface area contributed by atoms with Crippen LogP contribution in [0.4, 0.5) is 4.79 Å². The minimum Gasteiger partial charge on any atom is -0.444 e. The Balaban J connectivity index is 2.56. The third-order valence-electron chi connectivity index (χ3n) is 2.98. The molecule has 0 spiro atoms. The summed E-state index contributed by atoms with van der Waals surface area (Å²) in [6.45, 7) is 6.72. The van der Waals surface area contributed by atoms with Gasteiger partial charge >= 0.3 is 6.09 Å². The van der Waals surface area contributed by atoms with Crippen molar-refractivity contribution in [1.82, 2.24) is 4.90 Å². The average molecular weight is 275 g/mol. The number of hydrogen-bond donors (Lipinski definition) is 1. The Morgan fingerprint density at radius 1 is 1.42 bits per heavy atom. The highest BCUT2D eigenvalue weighted by molar-refractivity contribution is 5.68. The number of likely N-dealkylation sites (tertiary alicyclic amines) is 1. The molecule has 19 heavy (non-hydrogen) atoms. The lowest BCUT2D eigenvalue weighted by atomic mass is 9.95. The Bertz CT molecular complexity index is 289. The largest absolute Gasteiger partial charge is 0.444 e. The number of nitrogens with zero attached hydrogens (tertiary/aromatic N) is 1. The molecule has 0 radical (unpaired) electrons. The van der Waals surface area contributed by atoms with Crippen LogP contribution >= 0.6 is 0 Å². The van der Waals surface area contributed by atoms with Crippen LogP contribution in [-0.4, -0.2) is 61.4 Å². The fraction of sp³-hybridized carbons (Fsp3) is 0.923.